The maximum atomic E-state index is 10.5. The third-order valence-electron chi connectivity index (χ3n) is 1.77. The van der Waals surface area contributed by atoms with Crippen LogP contribution in [0.15, 0.2) is 23.4 Å². The smallest absolute Gasteiger partial charge is 0.307 e. The van der Waals surface area contributed by atoms with Gasteiger partial charge in [-0.25, -0.2) is 4.98 Å². The molecule has 0 bridgehead atoms. The summed E-state index contributed by atoms with van der Waals surface area (Å²) in [6.45, 7) is 1.65. The first-order valence-corrected chi connectivity index (χ1v) is 5.34. The highest BCUT2D eigenvalue weighted by molar-refractivity contribution is 7.99. The van der Waals surface area contributed by atoms with Crippen LogP contribution in [0, 0.1) is 17.2 Å². The monoisotopic (exact) mass is 222 g/mol. The molecule has 0 saturated carbocycles. The van der Waals surface area contributed by atoms with Gasteiger partial charge in [-0.2, -0.15) is 5.26 Å². The van der Waals surface area contributed by atoms with Gasteiger partial charge in [0, 0.05) is 11.9 Å². The van der Waals surface area contributed by atoms with Gasteiger partial charge < -0.3 is 5.11 Å². The van der Waals surface area contributed by atoms with Crippen LogP contribution in [0.1, 0.15) is 12.5 Å². The Morgan fingerprint density at radius 2 is 2.47 bits per heavy atom. The van der Waals surface area contributed by atoms with Crippen LogP contribution in [0.3, 0.4) is 0 Å². The highest BCUT2D eigenvalue weighted by Crippen LogP contribution is 2.18. The van der Waals surface area contributed by atoms with Crippen LogP contribution in [0.2, 0.25) is 0 Å². The zero-order chi connectivity index (χ0) is 11.3. The second-order valence-electron chi connectivity index (χ2n) is 3.05. The molecule has 1 aromatic rings. The standard InChI is InChI=1S/C10H10N2O2S/c1-7(10(13)14)6-15-9-3-2-8(4-11)5-12-9/h2-3,5,7H,6H2,1H3,(H,13,14). The van der Waals surface area contributed by atoms with Crippen LogP contribution in [0.5, 0.6) is 0 Å². The van der Waals surface area contributed by atoms with E-state index in [-0.39, 0.29) is 0 Å². The summed E-state index contributed by atoms with van der Waals surface area (Å²) in [6, 6.07) is 5.36. The van der Waals surface area contributed by atoms with Crippen molar-refractivity contribution in [1.29, 1.82) is 5.26 Å². The lowest BCUT2D eigenvalue weighted by Crippen LogP contribution is -2.11. The summed E-state index contributed by atoms with van der Waals surface area (Å²) in [7, 11) is 0. The van der Waals surface area contributed by atoms with Gasteiger partial charge in [-0.05, 0) is 12.1 Å². The van der Waals surface area contributed by atoms with E-state index in [1.807, 2.05) is 6.07 Å². The molecule has 1 atom stereocenters. The normalized spacial score (nSPS) is 11.7. The van der Waals surface area contributed by atoms with Crippen molar-refractivity contribution in [1.82, 2.24) is 4.98 Å². The molecule has 0 aliphatic carbocycles. The minimum absolute atomic E-state index is 0.396. The number of carbonyl (C=O) groups is 1. The number of nitrogens with zero attached hydrogens (tertiary/aromatic N) is 2. The van der Waals surface area contributed by atoms with Crippen LogP contribution in [-0.2, 0) is 4.79 Å². The number of thioether (sulfide) groups is 1. The summed E-state index contributed by atoms with van der Waals surface area (Å²) in [5, 5.41) is 17.9. The van der Waals surface area contributed by atoms with E-state index in [2.05, 4.69) is 4.98 Å². The summed E-state index contributed by atoms with van der Waals surface area (Å²) in [5.41, 5.74) is 0.505. The van der Waals surface area contributed by atoms with Crippen molar-refractivity contribution < 1.29 is 9.90 Å². The van der Waals surface area contributed by atoms with Crippen LogP contribution < -0.4 is 0 Å². The van der Waals surface area contributed by atoms with Gasteiger partial charge in [-0.15, -0.1) is 11.8 Å². The van der Waals surface area contributed by atoms with E-state index in [1.165, 1.54) is 18.0 Å². The lowest BCUT2D eigenvalue weighted by atomic mass is 10.2. The number of hydrogen-bond acceptors (Lipinski definition) is 4. The predicted octanol–water partition coefficient (Wildman–Crippen LogP) is 1.77. The fourth-order valence-electron chi connectivity index (χ4n) is 0.813. The van der Waals surface area contributed by atoms with Crippen molar-refractivity contribution >= 4 is 17.7 Å². The van der Waals surface area contributed by atoms with Gasteiger partial charge >= 0.3 is 5.97 Å². The molecular weight excluding hydrogens is 212 g/mol. The summed E-state index contributed by atoms with van der Waals surface area (Å²) in [4.78, 5) is 14.6. The molecule has 0 aliphatic heterocycles. The van der Waals surface area contributed by atoms with Gasteiger partial charge in [-0.3, -0.25) is 4.79 Å². The number of carboxylic acid groups (broad SMARTS) is 1. The average Bonchev–Trinajstić information content (AvgIpc) is 2.26. The molecule has 0 saturated heterocycles. The van der Waals surface area contributed by atoms with Gasteiger partial charge in [0.2, 0.25) is 0 Å². The van der Waals surface area contributed by atoms with E-state index in [0.29, 0.717) is 11.3 Å². The molecule has 0 aliphatic rings. The number of aliphatic carboxylic acids is 1. The van der Waals surface area contributed by atoms with Crippen LogP contribution in [0.4, 0.5) is 0 Å². The molecule has 1 rings (SSSR count). The Balaban J connectivity index is 2.52. The molecule has 15 heavy (non-hydrogen) atoms. The first-order valence-electron chi connectivity index (χ1n) is 4.35. The average molecular weight is 222 g/mol. The molecule has 1 aromatic heterocycles. The Labute approximate surface area is 91.9 Å². The maximum Gasteiger partial charge on any atom is 0.307 e. The van der Waals surface area contributed by atoms with Crippen LogP contribution in [-0.4, -0.2) is 21.8 Å². The van der Waals surface area contributed by atoms with E-state index in [4.69, 9.17) is 10.4 Å². The molecule has 0 amide bonds. The molecule has 4 nitrogen and oxygen atoms in total. The third-order valence-corrected chi connectivity index (χ3v) is 2.97. The second kappa shape index (κ2) is 5.37. The summed E-state index contributed by atoms with van der Waals surface area (Å²) in [5.74, 6) is -0.725. The molecule has 1 heterocycles. The summed E-state index contributed by atoms with van der Waals surface area (Å²) in [6.07, 6.45) is 1.48. The Kier molecular flexibility index (Phi) is 4.13. The van der Waals surface area contributed by atoms with Gasteiger partial charge in [-0.1, -0.05) is 6.92 Å². The van der Waals surface area contributed by atoms with E-state index >= 15 is 0 Å². The molecular formula is C10H10N2O2S. The minimum atomic E-state index is -0.809. The minimum Gasteiger partial charge on any atom is -0.481 e. The number of pyridine rings is 1. The number of carboxylic acids is 1. The van der Waals surface area contributed by atoms with Crippen LogP contribution in [0.25, 0.3) is 0 Å². The van der Waals surface area contributed by atoms with Crippen molar-refractivity contribution in [2.45, 2.75) is 11.9 Å². The molecule has 5 heteroatoms. The second-order valence-corrected chi connectivity index (χ2v) is 4.09. The SMILES string of the molecule is CC(CSc1ccc(C#N)cn1)C(=O)O. The highest BCUT2D eigenvalue weighted by Gasteiger charge is 2.11. The van der Waals surface area contributed by atoms with E-state index in [9.17, 15) is 4.79 Å². The third kappa shape index (κ3) is 3.60. The molecule has 0 aromatic carbocycles. The van der Waals surface area contributed by atoms with E-state index in [1.54, 1.807) is 19.1 Å². The zero-order valence-electron chi connectivity index (χ0n) is 8.17. The fourth-order valence-corrected chi connectivity index (χ4v) is 1.67. The van der Waals surface area contributed by atoms with Gasteiger partial charge in [0.25, 0.3) is 0 Å². The molecule has 0 fully saturated rings. The van der Waals surface area contributed by atoms with Crippen LogP contribution >= 0.6 is 11.8 Å². The lowest BCUT2D eigenvalue weighted by Gasteiger charge is -2.04. The Morgan fingerprint density at radius 1 is 1.73 bits per heavy atom. The topological polar surface area (TPSA) is 74.0 Å². The van der Waals surface area contributed by atoms with Crippen molar-refractivity contribution in [2.24, 2.45) is 5.92 Å². The molecule has 78 valence electrons. The van der Waals surface area contributed by atoms with E-state index in [0.717, 1.165) is 5.03 Å². The Morgan fingerprint density at radius 3 is 2.93 bits per heavy atom. The zero-order valence-corrected chi connectivity index (χ0v) is 8.99. The lowest BCUT2D eigenvalue weighted by molar-refractivity contribution is -0.140. The largest absolute Gasteiger partial charge is 0.481 e. The van der Waals surface area contributed by atoms with Gasteiger partial charge in [0.15, 0.2) is 0 Å². The number of aromatic nitrogens is 1. The van der Waals surface area contributed by atoms with E-state index < -0.39 is 11.9 Å². The number of hydrogen-bond donors (Lipinski definition) is 1. The Bertz CT molecular complexity index is 383. The van der Waals surface area contributed by atoms with Crippen molar-refractivity contribution in [3.8, 4) is 6.07 Å². The maximum absolute atomic E-state index is 10.5. The first kappa shape index (κ1) is 11.5. The predicted molar refractivity (Wildman–Crippen MR) is 56.5 cm³/mol. The fraction of sp³-hybridized carbons (Fsp3) is 0.300. The van der Waals surface area contributed by atoms with Gasteiger partial charge in [0.05, 0.1) is 16.5 Å². The molecule has 1 unspecified atom stereocenters. The highest BCUT2D eigenvalue weighted by atomic mass is 32.2. The van der Waals surface area contributed by atoms with Crippen molar-refractivity contribution in [2.75, 3.05) is 5.75 Å². The van der Waals surface area contributed by atoms with Gasteiger partial charge in [0.1, 0.15) is 6.07 Å². The number of nitriles is 1. The Hall–Kier alpha value is -1.54. The quantitative estimate of drug-likeness (QED) is 0.786. The summed E-state index contributed by atoms with van der Waals surface area (Å²) < 4.78 is 0. The first-order chi connectivity index (χ1) is 7.13. The molecule has 0 radical (unpaired) electrons. The summed E-state index contributed by atoms with van der Waals surface area (Å²) >= 11 is 1.37. The van der Waals surface area contributed by atoms with Crippen molar-refractivity contribution in [3.05, 3.63) is 23.9 Å². The molecule has 0 spiro atoms. The van der Waals surface area contributed by atoms with Crippen molar-refractivity contribution in [3.63, 3.8) is 0 Å². The molecule has 1 N–H and O–H groups in total. The number of rotatable bonds is 4.